The average Bonchev–Trinajstić information content (AvgIpc) is 2.39. The van der Waals surface area contributed by atoms with E-state index in [4.69, 9.17) is 0 Å². The summed E-state index contributed by atoms with van der Waals surface area (Å²) in [4.78, 5) is 11.2. The third-order valence-electron chi connectivity index (χ3n) is 2.08. The van der Waals surface area contributed by atoms with Crippen LogP contribution < -0.4 is 4.74 Å². The lowest BCUT2D eigenvalue weighted by Gasteiger charge is -2.15. The average molecular weight is 284 g/mol. The molecule has 19 heavy (non-hydrogen) atoms. The first-order valence-electron chi connectivity index (χ1n) is 5.15. The van der Waals surface area contributed by atoms with Gasteiger partial charge in [0.05, 0.1) is 6.61 Å². The molecule has 106 valence electrons. The van der Waals surface area contributed by atoms with Crippen molar-refractivity contribution in [3.05, 3.63) is 29.1 Å². The highest BCUT2D eigenvalue weighted by Crippen LogP contribution is 2.29. The highest BCUT2D eigenvalue weighted by Gasteiger charge is 2.29. The van der Waals surface area contributed by atoms with E-state index in [1.54, 1.807) is 0 Å². The number of ether oxygens (including phenoxy) is 2. The summed E-state index contributed by atoms with van der Waals surface area (Å²) < 4.78 is 73.8. The van der Waals surface area contributed by atoms with Crippen molar-refractivity contribution in [2.75, 3.05) is 6.61 Å². The second kappa shape index (κ2) is 5.85. The summed E-state index contributed by atoms with van der Waals surface area (Å²) in [6.07, 6.45) is -1.52. The zero-order valence-corrected chi connectivity index (χ0v) is 9.90. The normalized spacial score (nSPS) is 12.2. The minimum Gasteiger partial charge on any atom is -0.473 e. The fourth-order valence-electron chi connectivity index (χ4n) is 1.17. The van der Waals surface area contributed by atoms with Crippen LogP contribution in [-0.4, -0.2) is 18.7 Å². The lowest BCUT2D eigenvalue weighted by molar-refractivity contribution is -0.150. The monoisotopic (exact) mass is 284 g/mol. The fraction of sp³-hybridized carbons (Fsp3) is 0.364. The maximum Gasteiger partial charge on any atom is 0.347 e. The molecule has 1 unspecified atom stereocenters. The van der Waals surface area contributed by atoms with E-state index >= 15 is 0 Å². The van der Waals surface area contributed by atoms with Crippen molar-refractivity contribution in [2.24, 2.45) is 0 Å². The second-order valence-electron chi connectivity index (χ2n) is 3.41. The lowest BCUT2D eigenvalue weighted by atomic mass is 10.2. The minimum absolute atomic E-state index is 0.0242. The summed E-state index contributed by atoms with van der Waals surface area (Å²) in [5, 5.41) is 0. The van der Waals surface area contributed by atoms with Crippen molar-refractivity contribution in [3.63, 3.8) is 0 Å². The van der Waals surface area contributed by atoms with Gasteiger partial charge in [0, 0.05) is 0 Å². The first kappa shape index (κ1) is 15.2. The third kappa shape index (κ3) is 2.94. The van der Waals surface area contributed by atoms with Crippen molar-refractivity contribution in [3.8, 4) is 5.75 Å². The molecule has 8 heteroatoms. The number of esters is 1. The Morgan fingerprint density at radius 1 is 1.00 bits per heavy atom. The number of carbonyl (C=O) groups excluding carboxylic acids is 1. The van der Waals surface area contributed by atoms with Gasteiger partial charge < -0.3 is 9.47 Å². The molecule has 1 atom stereocenters. The van der Waals surface area contributed by atoms with E-state index in [0.717, 1.165) is 6.92 Å². The molecule has 0 fully saturated rings. The highest BCUT2D eigenvalue weighted by atomic mass is 19.2. The summed E-state index contributed by atoms with van der Waals surface area (Å²) in [7, 11) is 0. The Morgan fingerprint density at radius 2 is 1.42 bits per heavy atom. The van der Waals surface area contributed by atoms with Gasteiger partial charge in [-0.25, -0.2) is 18.0 Å². The van der Waals surface area contributed by atoms with Gasteiger partial charge in [-0.2, -0.15) is 8.78 Å². The van der Waals surface area contributed by atoms with E-state index in [1.807, 2.05) is 0 Å². The molecule has 0 N–H and O–H groups in total. The van der Waals surface area contributed by atoms with Crippen molar-refractivity contribution < 1.29 is 36.2 Å². The Balaban J connectivity index is 3.12. The summed E-state index contributed by atoms with van der Waals surface area (Å²) in [6, 6.07) is 0. The predicted octanol–water partition coefficient (Wildman–Crippen LogP) is 2.71. The van der Waals surface area contributed by atoms with Gasteiger partial charge in [0.25, 0.3) is 0 Å². The molecule has 0 spiro atoms. The SMILES string of the molecule is CCOC(=O)C(C)Oc1c(F)c(F)c(F)c(F)c1F. The van der Waals surface area contributed by atoms with Crippen LogP contribution in [0.1, 0.15) is 13.8 Å². The van der Waals surface area contributed by atoms with E-state index in [2.05, 4.69) is 9.47 Å². The molecule has 0 aliphatic carbocycles. The maximum absolute atomic E-state index is 13.2. The quantitative estimate of drug-likeness (QED) is 0.369. The zero-order chi connectivity index (χ0) is 14.7. The molecule has 0 saturated heterocycles. The van der Waals surface area contributed by atoms with Crippen molar-refractivity contribution in [1.82, 2.24) is 0 Å². The molecule has 0 heterocycles. The highest BCUT2D eigenvalue weighted by molar-refractivity contribution is 5.74. The molecule has 0 aliphatic rings. The molecule has 0 saturated carbocycles. The summed E-state index contributed by atoms with van der Waals surface area (Å²) in [6.45, 7) is 2.50. The van der Waals surface area contributed by atoms with Gasteiger partial charge in [-0.15, -0.1) is 0 Å². The Hall–Kier alpha value is -1.86. The van der Waals surface area contributed by atoms with E-state index in [0.29, 0.717) is 0 Å². The molecule has 0 amide bonds. The first-order chi connectivity index (χ1) is 8.81. The maximum atomic E-state index is 13.2. The van der Waals surface area contributed by atoms with Crippen LogP contribution in [0, 0.1) is 29.1 Å². The molecule has 3 nitrogen and oxygen atoms in total. The van der Waals surface area contributed by atoms with E-state index in [1.165, 1.54) is 6.92 Å². The van der Waals surface area contributed by atoms with Gasteiger partial charge in [0.15, 0.2) is 11.9 Å². The van der Waals surface area contributed by atoms with Crippen molar-refractivity contribution >= 4 is 5.97 Å². The van der Waals surface area contributed by atoms with Gasteiger partial charge in [0.1, 0.15) is 0 Å². The minimum atomic E-state index is -2.30. The molecule has 0 aliphatic heterocycles. The van der Waals surface area contributed by atoms with Crippen LogP contribution in [0.3, 0.4) is 0 Å². The van der Waals surface area contributed by atoms with Crippen LogP contribution >= 0.6 is 0 Å². The topological polar surface area (TPSA) is 35.5 Å². The lowest BCUT2D eigenvalue weighted by Crippen LogP contribution is -2.27. The number of hydrogen-bond donors (Lipinski definition) is 0. The number of halogens is 5. The van der Waals surface area contributed by atoms with Crippen LogP contribution in [0.5, 0.6) is 5.75 Å². The van der Waals surface area contributed by atoms with Crippen LogP contribution in [-0.2, 0) is 9.53 Å². The fourth-order valence-corrected chi connectivity index (χ4v) is 1.17. The zero-order valence-electron chi connectivity index (χ0n) is 9.90. The molecular formula is C11H9F5O3. The summed E-state index contributed by atoms with van der Waals surface area (Å²) in [5.74, 6) is -13.4. The number of benzene rings is 1. The van der Waals surface area contributed by atoms with Crippen LogP contribution in [0.25, 0.3) is 0 Å². The van der Waals surface area contributed by atoms with Gasteiger partial charge in [-0.1, -0.05) is 0 Å². The molecular weight excluding hydrogens is 275 g/mol. The third-order valence-corrected chi connectivity index (χ3v) is 2.08. The first-order valence-corrected chi connectivity index (χ1v) is 5.15. The molecule has 0 bridgehead atoms. The Morgan fingerprint density at radius 3 is 1.84 bits per heavy atom. The predicted molar refractivity (Wildman–Crippen MR) is 53.0 cm³/mol. The molecule has 1 aromatic rings. The van der Waals surface area contributed by atoms with E-state index < -0.39 is 46.9 Å². The van der Waals surface area contributed by atoms with Gasteiger partial charge in [-0.3, -0.25) is 0 Å². The summed E-state index contributed by atoms with van der Waals surface area (Å²) >= 11 is 0. The smallest absolute Gasteiger partial charge is 0.347 e. The second-order valence-corrected chi connectivity index (χ2v) is 3.41. The number of carbonyl (C=O) groups is 1. The number of rotatable bonds is 4. The van der Waals surface area contributed by atoms with Crippen LogP contribution in [0.2, 0.25) is 0 Å². The Bertz CT molecular complexity index is 475. The van der Waals surface area contributed by atoms with Gasteiger partial charge in [0.2, 0.25) is 29.1 Å². The van der Waals surface area contributed by atoms with Crippen LogP contribution in [0.4, 0.5) is 22.0 Å². The molecule has 1 rings (SSSR count). The molecule has 1 aromatic carbocycles. The Kier molecular flexibility index (Phi) is 4.68. The summed E-state index contributed by atoms with van der Waals surface area (Å²) in [5.41, 5.74) is 0. The standard InChI is InChI=1S/C11H9F5O3/c1-3-18-11(17)4(2)19-10-8(15)6(13)5(12)7(14)9(10)16/h4H,3H2,1-2H3. The molecule has 0 radical (unpaired) electrons. The van der Waals surface area contributed by atoms with Crippen molar-refractivity contribution in [1.29, 1.82) is 0 Å². The van der Waals surface area contributed by atoms with Crippen LogP contribution in [0.15, 0.2) is 0 Å². The van der Waals surface area contributed by atoms with Gasteiger partial charge in [-0.05, 0) is 13.8 Å². The Labute approximate surface area is 104 Å². The van der Waals surface area contributed by atoms with E-state index in [9.17, 15) is 26.7 Å². The largest absolute Gasteiger partial charge is 0.473 e. The number of hydrogen-bond acceptors (Lipinski definition) is 3. The molecule has 0 aromatic heterocycles. The van der Waals surface area contributed by atoms with Gasteiger partial charge >= 0.3 is 5.97 Å². The van der Waals surface area contributed by atoms with E-state index in [-0.39, 0.29) is 6.61 Å². The van der Waals surface area contributed by atoms with Crippen molar-refractivity contribution in [2.45, 2.75) is 20.0 Å².